The van der Waals surface area contributed by atoms with E-state index in [2.05, 4.69) is 4.74 Å². The molecule has 3 atom stereocenters. The molecule has 1 aliphatic carbocycles. The standard InChI is InChI=1S/C16H16F3NO5/c17-16(18,19)25-12-4-2-1-3-9(12)10-7-11(10)14(21)20-5-6-24-13(8-20)15(22)23/h1-4,10-11,13H,5-8H2,(H,22,23)/t10-,11-,13-/m0/s1. The minimum absolute atomic E-state index is 0.0575. The van der Waals surface area contributed by atoms with Crippen LogP contribution in [0.1, 0.15) is 17.9 Å². The third kappa shape index (κ3) is 4.04. The van der Waals surface area contributed by atoms with Crippen molar-refractivity contribution in [1.29, 1.82) is 0 Å². The average molecular weight is 359 g/mol. The zero-order valence-corrected chi connectivity index (χ0v) is 13.0. The van der Waals surface area contributed by atoms with Gasteiger partial charge in [-0.3, -0.25) is 4.79 Å². The Balaban J connectivity index is 1.68. The summed E-state index contributed by atoms with van der Waals surface area (Å²) in [6.45, 7) is 0.332. The number of alkyl halides is 3. The average Bonchev–Trinajstić information content (AvgIpc) is 3.33. The number of para-hydroxylation sites is 1. The Morgan fingerprint density at radius 3 is 2.68 bits per heavy atom. The van der Waals surface area contributed by atoms with E-state index in [-0.39, 0.29) is 37.3 Å². The first-order valence-corrected chi connectivity index (χ1v) is 7.74. The number of benzene rings is 1. The Morgan fingerprint density at radius 1 is 1.28 bits per heavy atom. The van der Waals surface area contributed by atoms with Crippen molar-refractivity contribution in [2.45, 2.75) is 24.8 Å². The molecular weight excluding hydrogens is 343 g/mol. The number of morpholine rings is 1. The molecule has 1 aromatic carbocycles. The number of carboxylic acid groups (broad SMARTS) is 1. The molecule has 1 saturated carbocycles. The first kappa shape index (κ1) is 17.5. The summed E-state index contributed by atoms with van der Waals surface area (Å²) in [5.41, 5.74) is 0.334. The molecule has 6 nitrogen and oxygen atoms in total. The molecule has 1 aromatic rings. The second kappa shape index (κ2) is 6.55. The van der Waals surface area contributed by atoms with Crippen molar-refractivity contribution in [3.63, 3.8) is 0 Å². The van der Waals surface area contributed by atoms with Crippen LogP contribution >= 0.6 is 0 Å². The number of carbonyl (C=O) groups excluding carboxylic acids is 1. The van der Waals surface area contributed by atoms with Crippen molar-refractivity contribution in [3.8, 4) is 5.75 Å². The van der Waals surface area contributed by atoms with E-state index in [4.69, 9.17) is 9.84 Å². The highest BCUT2D eigenvalue weighted by Crippen LogP contribution is 2.51. The Hall–Kier alpha value is -2.29. The lowest BCUT2D eigenvalue weighted by atomic mass is 10.1. The van der Waals surface area contributed by atoms with Crippen LogP contribution in [0, 0.1) is 5.92 Å². The van der Waals surface area contributed by atoms with E-state index < -0.39 is 24.4 Å². The molecule has 1 aliphatic heterocycles. The van der Waals surface area contributed by atoms with Gasteiger partial charge in [0.05, 0.1) is 13.2 Å². The zero-order chi connectivity index (χ0) is 18.2. The van der Waals surface area contributed by atoms with Gasteiger partial charge in [-0.2, -0.15) is 0 Å². The van der Waals surface area contributed by atoms with Crippen molar-refractivity contribution in [2.75, 3.05) is 19.7 Å². The summed E-state index contributed by atoms with van der Waals surface area (Å²) in [7, 11) is 0. The molecule has 0 spiro atoms. The number of nitrogens with zero attached hydrogens (tertiary/aromatic N) is 1. The Labute approximate surface area is 141 Å². The van der Waals surface area contributed by atoms with Gasteiger partial charge in [-0.05, 0) is 24.0 Å². The van der Waals surface area contributed by atoms with Crippen molar-refractivity contribution in [3.05, 3.63) is 29.8 Å². The summed E-state index contributed by atoms with van der Waals surface area (Å²) in [5.74, 6) is -2.54. The first-order valence-electron chi connectivity index (χ1n) is 7.74. The molecule has 1 amide bonds. The maximum absolute atomic E-state index is 12.5. The molecule has 0 radical (unpaired) electrons. The van der Waals surface area contributed by atoms with Crippen LogP contribution < -0.4 is 4.74 Å². The smallest absolute Gasteiger partial charge is 0.479 e. The minimum atomic E-state index is -4.80. The highest BCUT2D eigenvalue weighted by molar-refractivity contribution is 5.84. The van der Waals surface area contributed by atoms with Crippen molar-refractivity contribution >= 4 is 11.9 Å². The van der Waals surface area contributed by atoms with Crippen LogP contribution in [-0.2, 0) is 14.3 Å². The van der Waals surface area contributed by atoms with E-state index in [1.54, 1.807) is 6.07 Å². The fourth-order valence-corrected chi connectivity index (χ4v) is 3.05. The highest BCUT2D eigenvalue weighted by Gasteiger charge is 2.48. The zero-order valence-electron chi connectivity index (χ0n) is 13.0. The number of hydrogen-bond donors (Lipinski definition) is 1. The normalized spacial score (nSPS) is 26.2. The number of carbonyl (C=O) groups is 2. The SMILES string of the molecule is O=C(O)[C@@H]1CN(C(=O)[C@H]2C[C@H]2c2ccccc2OC(F)(F)F)CCO1. The Bertz CT molecular complexity index is 678. The fourth-order valence-electron chi connectivity index (χ4n) is 3.05. The summed E-state index contributed by atoms with van der Waals surface area (Å²) in [5, 5.41) is 8.98. The number of hydrogen-bond acceptors (Lipinski definition) is 4. The molecule has 0 aromatic heterocycles. The molecule has 25 heavy (non-hydrogen) atoms. The number of rotatable bonds is 4. The summed E-state index contributed by atoms with van der Waals surface area (Å²) in [4.78, 5) is 24.9. The van der Waals surface area contributed by atoms with E-state index in [1.807, 2.05) is 0 Å². The number of ether oxygens (including phenoxy) is 2. The van der Waals surface area contributed by atoms with Gasteiger partial charge in [0, 0.05) is 12.5 Å². The summed E-state index contributed by atoms with van der Waals surface area (Å²) < 4.78 is 46.6. The highest BCUT2D eigenvalue weighted by atomic mass is 19.4. The van der Waals surface area contributed by atoms with Crippen LogP contribution in [0.4, 0.5) is 13.2 Å². The van der Waals surface area contributed by atoms with Crippen LogP contribution in [0.15, 0.2) is 24.3 Å². The molecule has 2 fully saturated rings. The molecule has 1 saturated heterocycles. The van der Waals surface area contributed by atoms with E-state index in [0.717, 1.165) is 0 Å². The van der Waals surface area contributed by atoms with Crippen molar-refractivity contribution < 1.29 is 37.3 Å². The van der Waals surface area contributed by atoms with E-state index in [1.165, 1.54) is 23.1 Å². The summed E-state index contributed by atoms with van der Waals surface area (Å²) >= 11 is 0. The monoisotopic (exact) mass is 359 g/mol. The van der Waals surface area contributed by atoms with Gasteiger partial charge in [0.1, 0.15) is 5.75 Å². The quantitative estimate of drug-likeness (QED) is 0.890. The molecule has 2 aliphatic rings. The molecule has 9 heteroatoms. The largest absolute Gasteiger partial charge is 0.573 e. The van der Waals surface area contributed by atoms with Crippen LogP contribution in [0.25, 0.3) is 0 Å². The second-order valence-electron chi connectivity index (χ2n) is 6.02. The number of aliphatic carboxylic acids is 1. The first-order chi connectivity index (χ1) is 11.8. The van der Waals surface area contributed by atoms with Gasteiger partial charge in [-0.25, -0.2) is 4.79 Å². The summed E-state index contributed by atoms with van der Waals surface area (Å²) in [6, 6.07) is 5.76. The van der Waals surface area contributed by atoms with Gasteiger partial charge in [0.15, 0.2) is 6.10 Å². The van der Waals surface area contributed by atoms with Gasteiger partial charge in [0.2, 0.25) is 5.91 Å². The van der Waals surface area contributed by atoms with Gasteiger partial charge in [-0.15, -0.1) is 13.2 Å². The predicted octanol–water partition coefficient (Wildman–Crippen LogP) is 2.00. The topological polar surface area (TPSA) is 76.1 Å². The number of carboxylic acids is 1. The fraction of sp³-hybridized carbons (Fsp3) is 0.500. The van der Waals surface area contributed by atoms with E-state index in [9.17, 15) is 22.8 Å². The van der Waals surface area contributed by atoms with Crippen molar-refractivity contribution in [1.82, 2.24) is 4.90 Å². The molecular formula is C16H16F3NO5. The lowest BCUT2D eigenvalue weighted by Crippen LogP contribution is -2.49. The molecule has 0 bridgehead atoms. The molecule has 0 unspecified atom stereocenters. The molecule has 1 heterocycles. The second-order valence-corrected chi connectivity index (χ2v) is 6.02. The van der Waals surface area contributed by atoms with E-state index in [0.29, 0.717) is 12.0 Å². The van der Waals surface area contributed by atoms with Crippen LogP contribution in [0.2, 0.25) is 0 Å². The van der Waals surface area contributed by atoms with E-state index >= 15 is 0 Å². The minimum Gasteiger partial charge on any atom is -0.479 e. The third-order valence-corrected chi connectivity index (χ3v) is 4.31. The molecule has 3 rings (SSSR count). The van der Waals surface area contributed by atoms with Crippen molar-refractivity contribution in [2.24, 2.45) is 5.92 Å². The maximum atomic E-state index is 12.5. The number of amides is 1. The molecule has 1 N–H and O–H groups in total. The lowest BCUT2D eigenvalue weighted by molar-refractivity contribution is -0.274. The van der Waals surface area contributed by atoms with Gasteiger partial charge in [0.25, 0.3) is 0 Å². The number of halogens is 3. The van der Waals surface area contributed by atoms with Crippen LogP contribution in [-0.4, -0.2) is 54.0 Å². The predicted molar refractivity (Wildman–Crippen MR) is 77.9 cm³/mol. The van der Waals surface area contributed by atoms with Crippen LogP contribution in [0.5, 0.6) is 5.75 Å². The van der Waals surface area contributed by atoms with Gasteiger partial charge in [-0.1, -0.05) is 18.2 Å². The van der Waals surface area contributed by atoms with Gasteiger partial charge >= 0.3 is 12.3 Å². The Kier molecular flexibility index (Phi) is 4.59. The summed E-state index contributed by atoms with van der Waals surface area (Å²) in [6.07, 6.45) is -5.47. The van der Waals surface area contributed by atoms with Crippen LogP contribution in [0.3, 0.4) is 0 Å². The third-order valence-electron chi connectivity index (χ3n) is 4.31. The lowest BCUT2D eigenvalue weighted by Gasteiger charge is -2.31. The maximum Gasteiger partial charge on any atom is 0.573 e. The Morgan fingerprint density at radius 2 is 2.00 bits per heavy atom. The molecule has 136 valence electrons. The van der Waals surface area contributed by atoms with Gasteiger partial charge < -0.3 is 19.5 Å².